The topological polar surface area (TPSA) is 105 Å². The van der Waals surface area contributed by atoms with Gasteiger partial charge in [0.1, 0.15) is 24.2 Å². The Labute approximate surface area is 96.5 Å². The number of aromatic nitrogens is 5. The second-order valence-electron chi connectivity index (χ2n) is 3.04. The zero-order chi connectivity index (χ0) is 11.4. The molecular weight excluding hydrogens is 230 g/mol. The van der Waals surface area contributed by atoms with E-state index in [-0.39, 0.29) is 5.15 Å². The molecule has 0 aliphatic rings. The first-order valence-electron chi connectivity index (χ1n) is 4.61. The van der Waals surface area contributed by atoms with E-state index in [0.717, 1.165) is 5.82 Å². The van der Waals surface area contributed by atoms with E-state index in [1.807, 2.05) is 0 Å². The van der Waals surface area contributed by atoms with Gasteiger partial charge in [0.15, 0.2) is 11.0 Å². The van der Waals surface area contributed by atoms with Crippen LogP contribution in [0, 0.1) is 0 Å². The summed E-state index contributed by atoms with van der Waals surface area (Å²) in [4.78, 5) is 11.7. The van der Waals surface area contributed by atoms with Crippen LogP contribution in [0.4, 0.5) is 11.5 Å². The van der Waals surface area contributed by atoms with Crippen molar-refractivity contribution < 1.29 is 0 Å². The summed E-state index contributed by atoms with van der Waals surface area (Å²) in [6, 6.07) is 0. The lowest BCUT2D eigenvalue weighted by molar-refractivity contribution is 0.896. The fourth-order valence-electron chi connectivity index (χ4n) is 1.17. The Hall–Kier alpha value is -1.89. The van der Waals surface area contributed by atoms with Crippen LogP contribution < -0.4 is 11.1 Å². The molecule has 0 saturated carbocycles. The highest BCUT2D eigenvalue weighted by molar-refractivity contribution is 6.32. The van der Waals surface area contributed by atoms with E-state index in [1.54, 1.807) is 0 Å². The summed E-state index contributed by atoms with van der Waals surface area (Å²) in [6.45, 7) is 0.632. The summed E-state index contributed by atoms with van der Waals surface area (Å²) in [6.07, 6.45) is 3.52. The fraction of sp³-hybridized carbons (Fsp3) is 0.250. The van der Waals surface area contributed by atoms with E-state index in [0.29, 0.717) is 24.5 Å². The maximum atomic E-state index is 5.75. The first-order chi connectivity index (χ1) is 7.77. The Morgan fingerprint density at radius 2 is 2.19 bits per heavy atom. The maximum absolute atomic E-state index is 5.75. The van der Waals surface area contributed by atoms with E-state index in [2.05, 4.69) is 30.5 Å². The molecular formula is C8H10ClN7. The molecule has 0 unspecified atom stereocenters. The van der Waals surface area contributed by atoms with E-state index in [9.17, 15) is 0 Å². The third-order valence-corrected chi connectivity index (χ3v) is 2.26. The third kappa shape index (κ3) is 2.37. The molecule has 16 heavy (non-hydrogen) atoms. The van der Waals surface area contributed by atoms with Gasteiger partial charge in [-0.05, 0) is 0 Å². The molecule has 2 rings (SSSR count). The van der Waals surface area contributed by atoms with Crippen molar-refractivity contribution in [2.75, 3.05) is 17.6 Å². The first-order valence-corrected chi connectivity index (χ1v) is 4.99. The number of H-pyrrole nitrogens is 1. The van der Waals surface area contributed by atoms with Gasteiger partial charge in [0.05, 0.1) is 0 Å². The lowest BCUT2D eigenvalue weighted by Gasteiger charge is -2.07. The third-order valence-electron chi connectivity index (χ3n) is 1.95. The summed E-state index contributed by atoms with van der Waals surface area (Å²) in [7, 11) is 0. The number of anilines is 2. The van der Waals surface area contributed by atoms with Crippen LogP contribution in [-0.2, 0) is 6.42 Å². The minimum Gasteiger partial charge on any atom is -0.393 e. The molecule has 0 atom stereocenters. The van der Waals surface area contributed by atoms with Crippen molar-refractivity contribution >= 4 is 23.1 Å². The Kier molecular flexibility index (Phi) is 3.16. The number of rotatable bonds is 4. The average molecular weight is 240 g/mol. The van der Waals surface area contributed by atoms with Gasteiger partial charge in [-0.2, -0.15) is 5.10 Å². The second kappa shape index (κ2) is 4.75. The molecule has 0 spiro atoms. The van der Waals surface area contributed by atoms with Gasteiger partial charge in [0.2, 0.25) is 0 Å². The molecule has 2 heterocycles. The summed E-state index contributed by atoms with van der Waals surface area (Å²) >= 11 is 5.75. The Morgan fingerprint density at radius 3 is 2.94 bits per heavy atom. The quantitative estimate of drug-likeness (QED) is 0.671. The number of nitrogen functional groups attached to an aromatic ring is 1. The molecule has 7 nitrogen and oxygen atoms in total. The molecule has 0 fully saturated rings. The van der Waals surface area contributed by atoms with Crippen LogP contribution in [0.25, 0.3) is 0 Å². The van der Waals surface area contributed by atoms with Crippen LogP contribution in [0.3, 0.4) is 0 Å². The van der Waals surface area contributed by atoms with Gasteiger partial charge in [-0.3, -0.25) is 5.10 Å². The molecule has 84 valence electrons. The Morgan fingerprint density at radius 1 is 1.31 bits per heavy atom. The monoisotopic (exact) mass is 239 g/mol. The number of hydrogen-bond donors (Lipinski definition) is 3. The molecule has 4 N–H and O–H groups in total. The van der Waals surface area contributed by atoms with Gasteiger partial charge in [-0.15, -0.1) is 0 Å². The van der Waals surface area contributed by atoms with E-state index in [4.69, 9.17) is 17.3 Å². The van der Waals surface area contributed by atoms with Crippen LogP contribution >= 0.6 is 11.6 Å². The van der Waals surface area contributed by atoms with Crippen molar-refractivity contribution in [3.8, 4) is 0 Å². The number of nitrogens with two attached hydrogens (primary N) is 1. The van der Waals surface area contributed by atoms with Gasteiger partial charge in [0, 0.05) is 13.0 Å². The lowest BCUT2D eigenvalue weighted by Crippen LogP contribution is -2.10. The number of halogens is 1. The number of nitrogens with one attached hydrogen (secondary N) is 2. The second-order valence-corrected chi connectivity index (χ2v) is 3.39. The van der Waals surface area contributed by atoms with Gasteiger partial charge in [-0.25, -0.2) is 15.0 Å². The van der Waals surface area contributed by atoms with Crippen molar-refractivity contribution in [3.05, 3.63) is 23.6 Å². The summed E-state index contributed by atoms with van der Waals surface area (Å²) in [5, 5.41) is 9.79. The van der Waals surface area contributed by atoms with Crippen LogP contribution in [0.5, 0.6) is 0 Å². The summed E-state index contributed by atoms with van der Waals surface area (Å²) < 4.78 is 0. The standard InChI is InChI=1S/C8H10ClN7/c9-7-6(10)8(14-3-13-7)11-2-1-5-12-4-15-16-5/h3-4H,1-2,10H2,(H,11,13,14)(H,12,15,16). The molecule has 0 aliphatic carbocycles. The van der Waals surface area contributed by atoms with E-state index in [1.165, 1.54) is 12.7 Å². The lowest BCUT2D eigenvalue weighted by atomic mass is 10.4. The largest absolute Gasteiger partial charge is 0.393 e. The minimum absolute atomic E-state index is 0.247. The summed E-state index contributed by atoms with van der Waals surface area (Å²) in [5.41, 5.74) is 6.04. The normalized spacial score (nSPS) is 10.3. The number of nitrogens with zero attached hydrogens (tertiary/aromatic N) is 4. The number of aromatic amines is 1. The molecule has 0 aliphatic heterocycles. The van der Waals surface area contributed by atoms with Crippen LogP contribution in [0.1, 0.15) is 5.82 Å². The zero-order valence-corrected chi connectivity index (χ0v) is 9.07. The minimum atomic E-state index is 0.247. The summed E-state index contributed by atoms with van der Waals surface area (Å²) in [5.74, 6) is 1.32. The molecule has 0 aromatic carbocycles. The van der Waals surface area contributed by atoms with Crippen molar-refractivity contribution in [1.29, 1.82) is 0 Å². The average Bonchev–Trinajstić information content (AvgIpc) is 2.77. The number of hydrogen-bond acceptors (Lipinski definition) is 6. The van der Waals surface area contributed by atoms with Crippen molar-refractivity contribution in [2.45, 2.75) is 6.42 Å². The van der Waals surface area contributed by atoms with E-state index >= 15 is 0 Å². The van der Waals surface area contributed by atoms with Crippen molar-refractivity contribution in [2.24, 2.45) is 0 Å². The van der Waals surface area contributed by atoms with Gasteiger partial charge < -0.3 is 11.1 Å². The predicted molar refractivity (Wildman–Crippen MR) is 60.0 cm³/mol. The Bertz CT molecular complexity index is 455. The highest BCUT2D eigenvalue weighted by Gasteiger charge is 2.05. The van der Waals surface area contributed by atoms with Crippen LogP contribution in [0.15, 0.2) is 12.7 Å². The molecule has 0 bridgehead atoms. The molecule has 0 saturated heterocycles. The SMILES string of the molecule is Nc1c(Cl)ncnc1NCCc1ncn[nH]1. The first kappa shape index (κ1) is 10.6. The Balaban J connectivity index is 1.92. The smallest absolute Gasteiger partial charge is 0.157 e. The molecule has 8 heteroatoms. The van der Waals surface area contributed by atoms with Gasteiger partial charge >= 0.3 is 0 Å². The molecule has 2 aromatic rings. The van der Waals surface area contributed by atoms with Gasteiger partial charge in [-0.1, -0.05) is 11.6 Å². The maximum Gasteiger partial charge on any atom is 0.157 e. The van der Waals surface area contributed by atoms with Crippen LogP contribution in [-0.4, -0.2) is 31.7 Å². The highest BCUT2D eigenvalue weighted by atomic mass is 35.5. The van der Waals surface area contributed by atoms with E-state index < -0.39 is 0 Å². The van der Waals surface area contributed by atoms with Gasteiger partial charge in [0.25, 0.3) is 0 Å². The zero-order valence-electron chi connectivity index (χ0n) is 8.31. The van der Waals surface area contributed by atoms with Crippen LogP contribution in [0.2, 0.25) is 5.15 Å². The predicted octanol–water partition coefficient (Wildman–Crippen LogP) is 0.485. The highest BCUT2D eigenvalue weighted by Crippen LogP contribution is 2.21. The molecule has 0 amide bonds. The van der Waals surface area contributed by atoms with Crippen molar-refractivity contribution in [1.82, 2.24) is 25.1 Å². The molecule has 2 aromatic heterocycles. The van der Waals surface area contributed by atoms with Crippen molar-refractivity contribution in [3.63, 3.8) is 0 Å². The fourth-order valence-corrected chi connectivity index (χ4v) is 1.30. The molecule has 0 radical (unpaired) electrons.